The van der Waals surface area contributed by atoms with Gasteiger partial charge < -0.3 is 14.8 Å². The standard InChI is InChI=1S/C23H23ClN4O3/c1-12-14(3)28(11-15-9-25-27(4)10-15)22-18(12)20(16-5-7-17(24)8-6-16)19(13(2)26-22)21(29)23(30)31/h5-10,21,29H,11H2,1-4H3,(H,30,31). The molecule has 0 amide bonds. The molecule has 3 aromatic heterocycles. The lowest BCUT2D eigenvalue weighted by molar-refractivity contribution is -0.146. The molecule has 0 aliphatic carbocycles. The molecule has 3 heterocycles. The van der Waals surface area contributed by atoms with Crippen LogP contribution < -0.4 is 0 Å². The van der Waals surface area contributed by atoms with Crippen molar-refractivity contribution in [3.63, 3.8) is 0 Å². The van der Waals surface area contributed by atoms with Crippen LogP contribution in [0.4, 0.5) is 0 Å². The van der Waals surface area contributed by atoms with Crippen LogP contribution >= 0.6 is 11.6 Å². The summed E-state index contributed by atoms with van der Waals surface area (Å²) in [5, 5.41) is 25.8. The molecule has 0 fully saturated rings. The molecule has 0 aliphatic heterocycles. The molecule has 0 radical (unpaired) electrons. The average molecular weight is 439 g/mol. The summed E-state index contributed by atoms with van der Waals surface area (Å²) in [6.45, 7) is 6.32. The van der Waals surface area contributed by atoms with Crippen molar-refractivity contribution >= 4 is 28.6 Å². The van der Waals surface area contributed by atoms with Gasteiger partial charge in [-0.05, 0) is 44.0 Å². The van der Waals surface area contributed by atoms with Crippen molar-refractivity contribution < 1.29 is 15.0 Å². The third-order valence-electron chi connectivity index (χ3n) is 5.72. The maximum atomic E-state index is 11.7. The van der Waals surface area contributed by atoms with Gasteiger partial charge in [-0.2, -0.15) is 5.10 Å². The molecular weight excluding hydrogens is 416 g/mol. The number of aliphatic carboxylic acids is 1. The number of benzene rings is 1. The zero-order chi connectivity index (χ0) is 22.4. The van der Waals surface area contributed by atoms with Gasteiger partial charge in [0.2, 0.25) is 0 Å². The lowest BCUT2D eigenvalue weighted by atomic mass is 9.91. The first-order chi connectivity index (χ1) is 14.7. The first kappa shape index (κ1) is 21.1. The number of halogens is 1. The van der Waals surface area contributed by atoms with Crippen molar-refractivity contribution in [2.45, 2.75) is 33.4 Å². The molecule has 0 spiro atoms. The second kappa shape index (κ2) is 7.83. The van der Waals surface area contributed by atoms with E-state index in [0.717, 1.165) is 33.4 Å². The number of hydrogen-bond donors (Lipinski definition) is 2. The van der Waals surface area contributed by atoms with Crippen LogP contribution in [0, 0.1) is 20.8 Å². The fourth-order valence-corrected chi connectivity index (χ4v) is 4.23. The van der Waals surface area contributed by atoms with Crippen LogP contribution in [0.3, 0.4) is 0 Å². The van der Waals surface area contributed by atoms with Gasteiger partial charge in [-0.3, -0.25) is 4.68 Å². The van der Waals surface area contributed by atoms with Gasteiger partial charge in [0.05, 0.1) is 12.7 Å². The van der Waals surface area contributed by atoms with E-state index in [-0.39, 0.29) is 0 Å². The maximum Gasteiger partial charge on any atom is 0.337 e. The maximum absolute atomic E-state index is 11.7. The Morgan fingerprint density at radius 3 is 2.45 bits per heavy atom. The second-order valence-electron chi connectivity index (χ2n) is 7.75. The molecule has 8 heteroatoms. The molecule has 0 aliphatic rings. The largest absolute Gasteiger partial charge is 0.479 e. The fraction of sp³-hybridized carbons (Fsp3) is 0.261. The van der Waals surface area contributed by atoms with Gasteiger partial charge >= 0.3 is 5.97 Å². The van der Waals surface area contributed by atoms with E-state index in [1.165, 1.54) is 0 Å². The summed E-state index contributed by atoms with van der Waals surface area (Å²) < 4.78 is 3.85. The first-order valence-electron chi connectivity index (χ1n) is 9.83. The smallest absolute Gasteiger partial charge is 0.337 e. The summed E-state index contributed by atoms with van der Waals surface area (Å²) in [4.78, 5) is 16.5. The van der Waals surface area contributed by atoms with E-state index in [4.69, 9.17) is 16.6 Å². The highest BCUT2D eigenvalue weighted by atomic mass is 35.5. The lowest BCUT2D eigenvalue weighted by Crippen LogP contribution is -2.15. The van der Waals surface area contributed by atoms with Gasteiger partial charge in [-0.25, -0.2) is 9.78 Å². The summed E-state index contributed by atoms with van der Waals surface area (Å²) in [6, 6.07) is 7.18. The summed E-state index contributed by atoms with van der Waals surface area (Å²) in [6.07, 6.45) is 2.08. The normalized spacial score (nSPS) is 12.5. The monoisotopic (exact) mass is 438 g/mol. The van der Waals surface area contributed by atoms with Crippen LogP contribution in [0.25, 0.3) is 22.2 Å². The number of aryl methyl sites for hydroxylation is 3. The number of aliphatic hydroxyl groups excluding tert-OH is 1. The summed E-state index contributed by atoms with van der Waals surface area (Å²) in [7, 11) is 1.87. The Balaban J connectivity index is 2.07. The van der Waals surface area contributed by atoms with E-state index in [2.05, 4.69) is 9.67 Å². The van der Waals surface area contributed by atoms with Crippen LogP contribution in [0.15, 0.2) is 36.7 Å². The van der Waals surface area contributed by atoms with Crippen molar-refractivity contribution in [1.29, 1.82) is 0 Å². The number of rotatable bonds is 5. The Morgan fingerprint density at radius 2 is 1.87 bits per heavy atom. The summed E-state index contributed by atoms with van der Waals surface area (Å²) in [5.74, 6) is -1.32. The second-order valence-corrected chi connectivity index (χ2v) is 8.19. The van der Waals surface area contributed by atoms with E-state index < -0.39 is 12.1 Å². The fourth-order valence-electron chi connectivity index (χ4n) is 4.10. The Kier molecular flexibility index (Phi) is 5.33. The molecule has 4 rings (SSSR count). The number of fused-ring (bicyclic) bond motifs is 1. The predicted molar refractivity (Wildman–Crippen MR) is 119 cm³/mol. The van der Waals surface area contributed by atoms with Gasteiger partial charge in [0.25, 0.3) is 0 Å². The van der Waals surface area contributed by atoms with Gasteiger partial charge in [0.1, 0.15) is 5.65 Å². The van der Waals surface area contributed by atoms with Gasteiger partial charge in [0.15, 0.2) is 6.10 Å². The van der Waals surface area contributed by atoms with Gasteiger partial charge in [-0.15, -0.1) is 0 Å². The van der Waals surface area contributed by atoms with Crippen LogP contribution in [-0.2, 0) is 18.4 Å². The summed E-state index contributed by atoms with van der Waals surface area (Å²) in [5.41, 5.74) is 5.98. The zero-order valence-corrected chi connectivity index (χ0v) is 18.5. The van der Waals surface area contributed by atoms with Crippen molar-refractivity contribution in [2.75, 3.05) is 0 Å². The van der Waals surface area contributed by atoms with Gasteiger partial charge in [0, 0.05) is 51.7 Å². The molecule has 2 N–H and O–H groups in total. The first-order valence-corrected chi connectivity index (χ1v) is 10.2. The highest BCUT2D eigenvalue weighted by Gasteiger charge is 2.28. The molecule has 1 atom stereocenters. The predicted octanol–water partition coefficient (Wildman–Crippen LogP) is 4.18. The highest BCUT2D eigenvalue weighted by Crippen LogP contribution is 2.40. The zero-order valence-electron chi connectivity index (χ0n) is 17.7. The van der Waals surface area contributed by atoms with Crippen LogP contribution in [0.2, 0.25) is 5.02 Å². The van der Waals surface area contributed by atoms with E-state index in [0.29, 0.717) is 28.4 Å². The number of aromatic nitrogens is 4. The van der Waals surface area contributed by atoms with Crippen LogP contribution in [0.1, 0.15) is 34.2 Å². The summed E-state index contributed by atoms with van der Waals surface area (Å²) >= 11 is 6.09. The molecule has 1 aromatic carbocycles. The number of carbonyl (C=O) groups is 1. The molecule has 160 valence electrons. The molecule has 7 nitrogen and oxygen atoms in total. The van der Waals surface area contributed by atoms with Crippen molar-refractivity contribution in [1.82, 2.24) is 19.3 Å². The average Bonchev–Trinajstić information content (AvgIpc) is 3.24. The van der Waals surface area contributed by atoms with Crippen LogP contribution in [-0.4, -0.2) is 35.5 Å². The van der Waals surface area contributed by atoms with E-state index >= 15 is 0 Å². The number of pyridine rings is 1. The molecule has 0 saturated heterocycles. The van der Waals surface area contributed by atoms with Crippen LogP contribution in [0.5, 0.6) is 0 Å². The number of carboxylic acids is 1. The molecule has 1 unspecified atom stereocenters. The molecule has 0 saturated carbocycles. The number of nitrogens with zero attached hydrogens (tertiary/aromatic N) is 4. The molecule has 31 heavy (non-hydrogen) atoms. The molecular formula is C23H23ClN4O3. The molecule has 4 aromatic rings. The van der Waals surface area contributed by atoms with Crippen molar-refractivity contribution in [3.05, 3.63) is 69.8 Å². The van der Waals surface area contributed by atoms with E-state index in [9.17, 15) is 15.0 Å². The van der Waals surface area contributed by atoms with E-state index in [1.54, 1.807) is 23.7 Å². The molecule has 0 bridgehead atoms. The quantitative estimate of drug-likeness (QED) is 0.487. The Bertz CT molecular complexity index is 1310. The third kappa shape index (κ3) is 3.60. The SMILES string of the molecule is Cc1nc2c(c(C)c(C)n2Cc2cnn(C)c2)c(-c2ccc(Cl)cc2)c1C(O)C(=O)O. The minimum atomic E-state index is -1.69. The van der Waals surface area contributed by atoms with Crippen molar-refractivity contribution in [2.24, 2.45) is 7.05 Å². The van der Waals surface area contributed by atoms with E-state index in [1.807, 2.05) is 45.4 Å². The minimum absolute atomic E-state index is 0.295. The number of carboxylic acid groups (broad SMARTS) is 1. The highest BCUT2D eigenvalue weighted by molar-refractivity contribution is 6.30. The Hall–Kier alpha value is -3.16. The Morgan fingerprint density at radius 1 is 1.19 bits per heavy atom. The third-order valence-corrected chi connectivity index (χ3v) is 5.98. The van der Waals surface area contributed by atoms with Crippen molar-refractivity contribution in [3.8, 4) is 11.1 Å². The number of hydrogen-bond acceptors (Lipinski definition) is 4. The van der Waals surface area contributed by atoms with Gasteiger partial charge in [-0.1, -0.05) is 23.7 Å². The topological polar surface area (TPSA) is 93.2 Å². The Labute approximate surface area is 184 Å². The lowest BCUT2D eigenvalue weighted by Gasteiger charge is -2.18. The minimum Gasteiger partial charge on any atom is -0.479 e. The number of aliphatic hydroxyl groups is 1.